The van der Waals surface area contributed by atoms with Crippen LogP contribution in [0.15, 0.2) is 24.3 Å². The Kier molecular flexibility index (Phi) is 7.00. The monoisotopic (exact) mass is 360 g/mol. The molecular formula is C19H28N4O3. The van der Waals surface area contributed by atoms with Gasteiger partial charge in [-0.15, -0.1) is 0 Å². The van der Waals surface area contributed by atoms with Crippen molar-refractivity contribution in [2.45, 2.75) is 39.7 Å². The van der Waals surface area contributed by atoms with Gasteiger partial charge in [0.1, 0.15) is 0 Å². The topological polar surface area (TPSA) is 81.8 Å². The predicted octanol–water partition coefficient (Wildman–Crippen LogP) is 2.30. The first kappa shape index (κ1) is 19.8. The van der Waals surface area contributed by atoms with Gasteiger partial charge < -0.3 is 20.4 Å². The van der Waals surface area contributed by atoms with Crippen LogP contribution in [0.25, 0.3) is 0 Å². The van der Waals surface area contributed by atoms with Crippen LogP contribution < -0.4 is 10.6 Å². The van der Waals surface area contributed by atoms with Crippen LogP contribution >= 0.6 is 0 Å². The molecule has 7 nitrogen and oxygen atoms in total. The molecule has 7 heteroatoms. The Balaban J connectivity index is 1.90. The van der Waals surface area contributed by atoms with Crippen molar-refractivity contribution >= 4 is 23.5 Å². The molecule has 0 aliphatic carbocycles. The van der Waals surface area contributed by atoms with Crippen LogP contribution in [0.2, 0.25) is 0 Å². The van der Waals surface area contributed by atoms with E-state index < -0.39 is 0 Å². The van der Waals surface area contributed by atoms with Gasteiger partial charge in [-0.2, -0.15) is 0 Å². The van der Waals surface area contributed by atoms with Gasteiger partial charge in [-0.3, -0.25) is 9.59 Å². The minimum atomic E-state index is -0.167. The number of urea groups is 1. The van der Waals surface area contributed by atoms with Crippen LogP contribution in [0.4, 0.5) is 10.5 Å². The highest BCUT2D eigenvalue weighted by Crippen LogP contribution is 2.17. The Morgan fingerprint density at radius 1 is 1.15 bits per heavy atom. The van der Waals surface area contributed by atoms with E-state index in [0.29, 0.717) is 37.4 Å². The zero-order valence-electron chi connectivity index (χ0n) is 15.7. The van der Waals surface area contributed by atoms with Gasteiger partial charge in [0.25, 0.3) is 5.91 Å². The molecule has 0 spiro atoms. The lowest BCUT2D eigenvalue weighted by molar-refractivity contribution is -0.114. The van der Waals surface area contributed by atoms with Gasteiger partial charge in [-0.25, -0.2) is 4.79 Å². The zero-order valence-corrected chi connectivity index (χ0v) is 15.7. The first-order valence-electron chi connectivity index (χ1n) is 9.17. The minimum Gasteiger partial charge on any atom is -0.338 e. The molecule has 1 saturated heterocycles. The van der Waals surface area contributed by atoms with Crippen molar-refractivity contribution < 1.29 is 14.4 Å². The molecule has 1 fully saturated rings. The smallest absolute Gasteiger partial charge is 0.317 e. The number of hydrogen-bond donors (Lipinski definition) is 2. The number of rotatable bonds is 5. The van der Waals surface area contributed by atoms with Crippen LogP contribution in [-0.2, 0) is 4.79 Å². The van der Waals surface area contributed by atoms with Crippen molar-refractivity contribution in [3.8, 4) is 0 Å². The summed E-state index contributed by atoms with van der Waals surface area (Å²) in [5.74, 6) is -0.218. The number of carbonyl (C=O) groups is 3. The van der Waals surface area contributed by atoms with Crippen molar-refractivity contribution in [3.05, 3.63) is 29.8 Å². The molecule has 1 heterocycles. The number of amides is 4. The summed E-state index contributed by atoms with van der Waals surface area (Å²) in [6, 6.07) is 7.02. The molecule has 2 rings (SSSR count). The van der Waals surface area contributed by atoms with Crippen LogP contribution in [0.5, 0.6) is 0 Å². The van der Waals surface area contributed by atoms with Gasteiger partial charge in [0.2, 0.25) is 5.91 Å². The number of nitrogens with one attached hydrogen (secondary N) is 2. The Morgan fingerprint density at radius 3 is 2.38 bits per heavy atom. The van der Waals surface area contributed by atoms with Gasteiger partial charge in [0.15, 0.2) is 0 Å². The maximum atomic E-state index is 12.7. The molecule has 1 aliphatic heterocycles. The van der Waals surface area contributed by atoms with Crippen molar-refractivity contribution in [2.75, 3.05) is 31.5 Å². The molecule has 0 saturated carbocycles. The lowest BCUT2D eigenvalue weighted by Gasteiger charge is -2.33. The van der Waals surface area contributed by atoms with Gasteiger partial charge in [0, 0.05) is 50.4 Å². The van der Waals surface area contributed by atoms with E-state index in [1.54, 1.807) is 34.1 Å². The molecule has 0 bridgehead atoms. The Hall–Kier alpha value is -2.57. The van der Waals surface area contributed by atoms with E-state index in [4.69, 9.17) is 0 Å². The Morgan fingerprint density at radius 2 is 1.81 bits per heavy atom. The van der Waals surface area contributed by atoms with Gasteiger partial charge in [0.05, 0.1) is 0 Å². The maximum Gasteiger partial charge on any atom is 0.317 e. The molecule has 142 valence electrons. The summed E-state index contributed by atoms with van der Waals surface area (Å²) in [6.45, 7) is 7.93. The number of piperidine rings is 1. The van der Waals surface area contributed by atoms with E-state index in [1.807, 2.05) is 13.8 Å². The average molecular weight is 360 g/mol. The Bertz CT molecular complexity index is 650. The second kappa shape index (κ2) is 9.22. The minimum absolute atomic E-state index is 0.0391. The number of likely N-dealkylation sites (tertiary alicyclic amines) is 1. The van der Waals surface area contributed by atoms with Crippen LogP contribution in [0.1, 0.15) is 44.0 Å². The van der Waals surface area contributed by atoms with Crippen LogP contribution in [0, 0.1) is 0 Å². The van der Waals surface area contributed by atoms with Gasteiger partial charge in [-0.05, 0) is 44.9 Å². The second-order valence-corrected chi connectivity index (χ2v) is 6.45. The average Bonchev–Trinajstić information content (AvgIpc) is 2.62. The highest BCUT2D eigenvalue weighted by molar-refractivity contribution is 5.96. The van der Waals surface area contributed by atoms with Crippen LogP contribution in [-0.4, -0.2) is 59.9 Å². The summed E-state index contributed by atoms with van der Waals surface area (Å²) in [6.07, 6.45) is 1.48. The van der Waals surface area contributed by atoms with E-state index >= 15 is 0 Å². The normalized spacial score (nSPS) is 14.7. The summed E-state index contributed by atoms with van der Waals surface area (Å²) < 4.78 is 0. The largest absolute Gasteiger partial charge is 0.338 e. The van der Waals surface area contributed by atoms with Crippen LogP contribution in [0.3, 0.4) is 0 Å². The number of anilines is 1. The summed E-state index contributed by atoms with van der Waals surface area (Å²) in [4.78, 5) is 39.5. The molecule has 0 radical (unpaired) electrons. The fourth-order valence-electron chi connectivity index (χ4n) is 3.12. The molecule has 1 aromatic rings. The number of carbonyl (C=O) groups excluding carboxylic acids is 3. The molecule has 4 amide bonds. The lowest BCUT2D eigenvalue weighted by atomic mass is 10.0. The molecule has 1 aromatic carbocycles. The molecule has 0 aromatic heterocycles. The fraction of sp³-hybridized carbons (Fsp3) is 0.526. The summed E-state index contributed by atoms with van der Waals surface area (Å²) in [7, 11) is 0. The third kappa shape index (κ3) is 5.21. The van der Waals surface area contributed by atoms with Crippen molar-refractivity contribution in [1.29, 1.82) is 0 Å². The molecule has 1 aliphatic rings. The number of benzene rings is 1. The highest BCUT2D eigenvalue weighted by Gasteiger charge is 2.25. The van der Waals surface area contributed by atoms with E-state index in [0.717, 1.165) is 12.8 Å². The number of nitrogens with zero attached hydrogens (tertiary/aromatic N) is 2. The van der Waals surface area contributed by atoms with E-state index in [1.165, 1.54) is 6.92 Å². The van der Waals surface area contributed by atoms with Gasteiger partial charge in [-0.1, -0.05) is 6.07 Å². The lowest BCUT2D eigenvalue weighted by Crippen LogP contribution is -2.50. The molecule has 0 atom stereocenters. The third-order valence-corrected chi connectivity index (χ3v) is 4.59. The quantitative estimate of drug-likeness (QED) is 0.845. The van der Waals surface area contributed by atoms with Crippen molar-refractivity contribution in [1.82, 2.24) is 15.1 Å². The summed E-state index contributed by atoms with van der Waals surface area (Å²) >= 11 is 0. The molecule has 0 unspecified atom stereocenters. The molecule has 2 N–H and O–H groups in total. The third-order valence-electron chi connectivity index (χ3n) is 4.59. The van der Waals surface area contributed by atoms with E-state index in [2.05, 4.69) is 10.6 Å². The van der Waals surface area contributed by atoms with Crippen molar-refractivity contribution in [3.63, 3.8) is 0 Å². The highest BCUT2D eigenvalue weighted by atomic mass is 16.2. The molecule has 26 heavy (non-hydrogen) atoms. The number of hydrogen-bond acceptors (Lipinski definition) is 3. The summed E-state index contributed by atoms with van der Waals surface area (Å²) in [5, 5.41) is 5.74. The van der Waals surface area contributed by atoms with E-state index in [-0.39, 0.29) is 23.9 Å². The first-order valence-corrected chi connectivity index (χ1v) is 9.17. The standard InChI is InChI=1S/C19H28N4O3/c1-4-22(5-2)19(26)21-16-9-11-23(12-10-16)18(25)15-7-6-8-17(13-15)20-14(3)24/h6-8,13,16H,4-5,9-12H2,1-3H3,(H,20,24)(H,21,26). The maximum absolute atomic E-state index is 12.7. The molecular weight excluding hydrogens is 332 g/mol. The fourth-order valence-corrected chi connectivity index (χ4v) is 3.12. The van der Waals surface area contributed by atoms with Gasteiger partial charge >= 0.3 is 6.03 Å². The second-order valence-electron chi connectivity index (χ2n) is 6.45. The predicted molar refractivity (Wildman–Crippen MR) is 101 cm³/mol. The van der Waals surface area contributed by atoms with E-state index in [9.17, 15) is 14.4 Å². The van der Waals surface area contributed by atoms with Crippen molar-refractivity contribution in [2.24, 2.45) is 0 Å². The summed E-state index contributed by atoms with van der Waals surface area (Å²) in [5.41, 5.74) is 1.17. The Labute approximate surface area is 154 Å². The zero-order chi connectivity index (χ0) is 19.1. The first-order chi connectivity index (χ1) is 12.4. The SMILES string of the molecule is CCN(CC)C(=O)NC1CCN(C(=O)c2cccc(NC(C)=O)c2)CC1.